The van der Waals surface area contributed by atoms with Crippen molar-refractivity contribution in [3.8, 4) is 5.69 Å². The minimum Gasteiger partial charge on any atom is -0.380 e. The van der Waals surface area contributed by atoms with E-state index in [0.717, 1.165) is 31.0 Å². The van der Waals surface area contributed by atoms with Crippen molar-refractivity contribution in [2.24, 2.45) is 0 Å². The Bertz CT molecular complexity index is 490. The van der Waals surface area contributed by atoms with Gasteiger partial charge in [-0.1, -0.05) is 6.07 Å². The van der Waals surface area contributed by atoms with E-state index < -0.39 is 0 Å². The van der Waals surface area contributed by atoms with E-state index in [4.69, 9.17) is 4.74 Å². The van der Waals surface area contributed by atoms with Crippen LogP contribution in [0.4, 0.5) is 5.69 Å². The lowest BCUT2D eigenvalue weighted by molar-refractivity contribution is 0.0876. The van der Waals surface area contributed by atoms with Crippen molar-refractivity contribution in [1.82, 2.24) is 9.78 Å². The van der Waals surface area contributed by atoms with Crippen LogP contribution in [0.25, 0.3) is 5.69 Å². The summed E-state index contributed by atoms with van der Waals surface area (Å²) in [6, 6.07) is 10.6. The molecule has 2 heterocycles. The minimum atomic E-state index is 0.423. The molecule has 3 rings (SSSR count). The summed E-state index contributed by atoms with van der Waals surface area (Å²) in [6.07, 6.45) is 6.04. The van der Waals surface area contributed by atoms with Gasteiger partial charge < -0.3 is 10.1 Å². The number of nitrogens with one attached hydrogen (secondary N) is 1. The van der Waals surface area contributed by atoms with E-state index in [0.29, 0.717) is 6.04 Å². The molecular formula is C14H17N3O. The van der Waals surface area contributed by atoms with Crippen LogP contribution in [0.15, 0.2) is 42.7 Å². The van der Waals surface area contributed by atoms with Crippen molar-refractivity contribution in [3.63, 3.8) is 0 Å². The van der Waals surface area contributed by atoms with Gasteiger partial charge in [-0.25, -0.2) is 4.68 Å². The fraction of sp³-hybridized carbons (Fsp3) is 0.357. The Labute approximate surface area is 107 Å². The van der Waals surface area contributed by atoms with Gasteiger partial charge in [-0.2, -0.15) is 5.10 Å². The maximum atomic E-state index is 5.48. The molecule has 1 unspecified atom stereocenters. The summed E-state index contributed by atoms with van der Waals surface area (Å²) in [5.41, 5.74) is 2.19. The largest absolute Gasteiger partial charge is 0.380 e. The summed E-state index contributed by atoms with van der Waals surface area (Å²) in [5, 5.41) is 7.76. The Hall–Kier alpha value is -1.81. The molecule has 0 radical (unpaired) electrons. The third-order valence-corrected chi connectivity index (χ3v) is 3.15. The van der Waals surface area contributed by atoms with Crippen LogP contribution in [-0.4, -0.2) is 29.0 Å². The molecule has 4 nitrogen and oxygen atoms in total. The molecule has 0 amide bonds. The standard InChI is InChI=1S/C14H17N3O/c1-4-12(16-13-5-2-9-18-11-13)10-14(6-1)17-8-3-7-15-17/h1,3-4,6-8,10,13,16H,2,5,9,11H2. The normalized spacial score (nSPS) is 19.7. The van der Waals surface area contributed by atoms with E-state index in [2.05, 4.69) is 28.6 Å². The quantitative estimate of drug-likeness (QED) is 0.900. The van der Waals surface area contributed by atoms with E-state index in [9.17, 15) is 0 Å². The van der Waals surface area contributed by atoms with Gasteiger partial charge in [-0.05, 0) is 37.1 Å². The van der Waals surface area contributed by atoms with Crippen molar-refractivity contribution in [3.05, 3.63) is 42.7 Å². The first-order valence-electron chi connectivity index (χ1n) is 6.36. The predicted octanol–water partition coefficient (Wildman–Crippen LogP) is 2.46. The number of aromatic nitrogens is 2. The van der Waals surface area contributed by atoms with E-state index >= 15 is 0 Å². The molecule has 0 aliphatic carbocycles. The van der Waals surface area contributed by atoms with Gasteiger partial charge >= 0.3 is 0 Å². The lowest BCUT2D eigenvalue weighted by Crippen LogP contribution is -2.29. The molecule has 2 aromatic rings. The van der Waals surface area contributed by atoms with Crippen LogP contribution in [0, 0.1) is 0 Å². The van der Waals surface area contributed by atoms with Crippen LogP contribution in [-0.2, 0) is 4.74 Å². The molecule has 1 saturated heterocycles. The van der Waals surface area contributed by atoms with E-state index in [1.807, 2.05) is 23.0 Å². The van der Waals surface area contributed by atoms with Crippen LogP contribution in [0.3, 0.4) is 0 Å². The predicted molar refractivity (Wildman–Crippen MR) is 71.0 cm³/mol. The smallest absolute Gasteiger partial charge is 0.0667 e. The highest BCUT2D eigenvalue weighted by molar-refractivity contribution is 5.51. The van der Waals surface area contributed by atoms with Gasteiger partial charge in [0.25, 0.3) is 0 Å². The monoisotopic (exact) mass is 243 g/mol. The van der Waals surface area contributed by atoms with Crippen molar-refractivity contribution in [2.75, 3.05) is 18.5 Å². The highest BCUT2D eigenvalue weighted by Gasteiger charge is 2.13. The van der Waals surface area contributed by atoms with Gasteiger partial charge in [0.1, 0.15) is 0 Å². The number of anilines is 1. The highest BCUT2D eigenvalue weighted by atomic mass is 16.5. The maximum absolute atomic E-state index is 5.48. The number of benzene rings is 1. The molecule has 1 N–H and O–H groups in total. The number of hydrogen-bond acceptors (Lipinski definition) is 3. The second-order valence-electron chi connectivity index (χ2n) is 4.56. The molecule has 1 aromatic heterocycles. The number of hydrogen-bond donors (Lipinski definition) is 1. The molecule has 1 aromatic carbocycles. The Morgan fingerprint density at radius 3 is 3.11 bits per heavy atom. The molecule has 0 spiro atoms. The Morgan fingerprint density at radius 2 is 2.33 bits per heavy atom. The van der Waals surface area contributed by atoms with E-state index in [1.54, 1.807) is 6.20 Å². The summed E-state index contributed by atoms with van der Waals surface area (Å²) in [7, 11) is 0. The molecule has 4 heteroatoms. The fourth-order valence-electron chi connectivity index (χ4n) is 2.25. The number of ether oxygens (including phenoxy) is 1. The molecule has 94 valence electrons. The lowest BCUT2D eigenvalue weighted by Gasteiger charge is -2.24. The molecule has 1 aliphatic heterocycles. The summed E-state index contributed by atoms with van der Waals surface area (Å²) in [4.78, 5) is 0. The first kappa shape index (κ1) is 11.3. The summed E-state index contributed by atoms with van der Waals surface area (Å²) in [5.74, 6) is 0. The second-order valence-corrected chi connectivity index (χ2v) is 4.56. The van der Waals surface area contributed by atoms with Gasteiger partial charge in [0.05, 0.1) is 12.3 Å². The van der Waals surface area contributed by atoms with Crippen LogP contribution in [0.1, 0.15) is 12.8 Å². The Morgan fingerprint density at radius 1 is 1.33 bits per heavy atom. The van der Waals surface area contributed by atoms with Crippen LogP contribution < -0.4 is 5.32 Å². The van der Waals surface area contributed by atoms with Gasteiger partial charge in [0, 0.05) is 30.7 Å². The second kappa shape index (κ2) is 5.23. The molecule has 18 heavy (non-hydrogen) atoms. The zero-order valence-electron chi connectivity index (χ0n) is 10.2. The van der Waals surface area contributed by atoms with Gasteiger partial charge in [0.15, 0.2) is 0 Å². The molecule has 1 atom stereocenters. The molecule has 0 bridgehead atoms. The lowest BCUT2D eigenvalue weighted by atomic mass is 10.1. The summed E-state index contributed by atoms with van der Waals surface area (Å²) >= 11 is 0. The number of rotatable bonds is 3. The van der Waals surface area contributed by atoms with Gasteiger partial charge in [-0.3, -0.25) is 0 Å². The first-order chi connectivity index (χ1) is 8.92. The zero-order chi connectivity index (χ0) is 12.2. The van der Waals surface area contributed by atoms with Gasteiger partial charge in [0.2, 0.25) is 0 Å². The zero-order valence-corrected chi connectivity index (χ0v) is 10.2. The average Bonchev–Trinajstić information content (AvgIpc) is 2.94. The van der Waals surface area contributed by atoms with Crippen molar-refractivity contribution < 1.29 is 4.74 Å². The van der Waals surface area contributed by atoms with Crippen LogP contribution in [0.2, 0.25) is 0 Å². The van der Waals surface area contributed by atoms with Crippen molar-refractivity contribution >= 4 is 5.69 Å². The molecule has 0 saturated carbocycles. The van der Waals surface area contributed by atoms with Crippen molar-refractivity contribution in [2.45, 2.75) is 18.9 Å². The van der Waals surface area contributed by atoms with Gasteiger partial charge in [-0.15, -0.1) is 0 Å². The van der Waals surface area contributed by atoms with Crippen LogP contribution in [0.5, 0.6) is 0 Å². The fourth-order valence-corrected chi connectivity index (χ4v) is 2.25. The van der Waals surface area contributed by atoms with E-state index in [-0.39, 0.29) is 0 Å². The minimum absolute atomic E-state index is 0.423. The van der Waals surface area contributed by atoms with Crippen LogP contribution >= 0.6 is 0 Å². The third-order valence-electron chi connectivity index (χ3n) is 3.15. The number of nitrogens with zero attached hydrogens (tertiary/aromatic N) is 2. The Kier molecular flexibility index (Phi) is 3.28. The topological polar surface area (TPSA) is 39.1 Å². The maximum Gasteiger partial charge on any atom is 0.0667 e. The van der Waals surface area contributed by atoms with Crippen molar-refractivity contribution in [1.29, 1.82) is 0 Å². The SMILES string of the molecule is c1cc(NC2CCCOC2)cc(-n2cccn2)c1. The van der Waals surface area contributed by atoms with E-state index in [1.165, 1.54) is 6.42 Å². The Balaban J connectivity index is 1.74. The molecule has 1 aliphatic rings. The average molecular weight is 243 g/mol. The third kappa shape index (κ3) is 2.54. The molecule has 1 fully saturated rings. The summed E-state index contributed by atoms with van der Waals surface area (Å²) in [6.45, 7) is 1.69. The summed E-state index contributed by atoms with van der Waals surface area (Å²) < 4.78 is 7.34. The first-order valence-corrected chi connectivity index (χ1v) is 6.36. The highest BCUT2D eigenvalue weighted by Crippen LogP contribution is 2.17. The molecular weight excluding hydrogens is 226 g/mol.